The summed E-state index contributed by atoms with van der Waals surface area (Å²) in [5.41, 5.74) is 3.71. The lowest BCUT2D eigenvalue weighted by Gasteiger charge is -2.13. The van der Waals surface area contributed by atoms with Gasteiger partial charge < -0.3 is 4.74 Å². The SMILES string of the molecule is CCc1ccccc1Oc1cccc(C)c1C. The van der Waals surface area contributed by atoms with Gasteiger partial charge in [0.05, 0.1) is 0 Å². The summed E-state index contributed by atoms with van der Waals surface area (Å²) in [5, 5.41) is 0. The molecule has 0 saturated heterocycles. The minimum absolute atomic E-state index is 0.950. The number of aryl methyl sites for hydroxylation is 2. The van der Waals surface area contributed by atoms with E-state index in [0.717, 1.165) is 17.9 Å². The van der Waals surface area contributed by atoms with Crippen molar-refractivity contribution in [1.29, 1.82) is 0 Å². The van der Waals surface area contributed by atoms with Gasteiger partial charge >= 0.3 is 0 Å². The molecule has 88 valence electrons. The molecule has 0 spiro atoms. The Balaban J connectivity index is 2.35. The molecule has 0 aliphatic rings. The Morgan fingerprint density at radius 3 is 2.35 bits per heavy atom. The van der Waals surface area contributed by atoms with Crippen LogP contribution in [0.4, 0.5) is 0 Å². The van der Waals surface area contributed by atoms with Crippen LogP contribution in [0.25, 0.3) is 0 Å². The van der Waals surface area contributed by atoms with Gasteiger partial charge in [-0.15, -0.1) is 0 Å². The number of hydrogen-bond acceptors (Lipinski definition) is 1. The number of hydrogen-bond donors (Lipinski definition) is 0. The van der Waals surface area contributed by atoms with Gasteiger partial charge in [0.2, 0.25) is 0 Å². The maximum absolute atomic E-state index is 6.01. The molecule has 0 unspecified atom stereocenters. The third kappa shape index (κ3) is 2.50. The summed E-state index contributed by atoms with van der Waals surface area (Å²) in [4.78, 5) is 0. The molecule has 2 aromatic carbocycles. The van der Waals surface area contributed by atoms with E-state index in [-0.39, 0.29) is 0 Å². The maximum atomic E-state index is 6.01. The molecule has 1 heteroatoms. The second-order valence-electron chi connectivity index (χ2n) is 4.26. The van der Waals surface area contributed by atoms with E-state index >= 15 is 0 Å². The molecule has 0 atom stereocenters. The minimum Gasteiger partial charge on any atom is -0.457 e. The molecule has 0 aliphatic carbocycles. The lowest BCUT2D eigenvalue weighted by molar-refractivity contribution is 0.472. The van der Waals surface area contributed by atoms with Crippen molar-refractivity contribution in [2.24, 2.45) is 0 Å². The van der Waals surface area contributed by atoms with Gasteiger partial charge in [0.25, 0.3) is 0 Å². The summed E-state index contributed by atoms with van der Waals surface area (Å²) in [6, 6.07) is 14.4. The van der Waals surface area contributed by atoms with Crippen LogP contribution in [0, 0.1) is 13.8 Å². The molecule has 0 aromatic heterocycles. The van der Waals surface area contributed by atoms with Crippen molar-refractivity contribution in [1.82, 2.24) is 0 Å². The van der Waals surface area contributed by atoms with E-state index in [1.165, 1.54) is 16.7 Å². The molecule has 0 N–H and O–H groups in total. The Bertz CT molecular complexity index is 515. The third-order valence-electron chi connectivity index (χ3n) is 3.13. The summed E-state index contributed by atoms with van der Waals surface area (Å²) >= 11 is 0. The van der Waals surface area contributed by atoms with Crippen LogP contribution in [0.15, 0.2) is 42.5 Å². The predicted molar refractivity (Wildman–Crippen MR) is 71.8 cm³/mol. The maximum Gasteiger partial charge on any atom is 0.130 e. The van der Waals surface area contributed by atoms with Crippen LogP contribution in [0.5, 0.6) is 11.5 Å². The van der Waals surface area contributed by atoms with Crippen LogP contribution in [-0.2, 0) is 6.42 Å². The first-order chi connectivity index (χ1) is 8.22. The minimum atomic E-state index is 0.950. The Morgan fingerprint density at radius 2 is 1.59 bits per heavy atom. The van der Waals surface area contributed by atoms with Crippen molar-refractivity contribution in [2.45, 2.75) is 27.2 Å². The van der Waals surface area contributed by atoms with Gasteiger partial charge in [0, 0.05) is 0 Å². The summed E-state index contributed by atoms with van der Waals surface area (Å²) < 4.78 is 6.01. The molecule has 1 nitrogen and oxygen atoms in total. The van der Waals surface area contributed by atoms with E-state index in [0.29, 0.717) is 0 Å². The van der Waals surface area contributed by atoms with Crippen LogP contribution in [0.1, 0.15) is 23.6 Å². The second kappa shape index (κ2) is 5.05. The van der Waals surface area contributed by atoms with Gasteiger partial charge in [-0.25, -0.2) is 0 Å². The lowest BCUT2D eigenvalue weighted by Crippen LogP contribution is -1.93. The van der Waals surface area contributed by atoms with E-state index in [1.54, 1.807) is 0 Å². The molecule has 0 radical (unpaired) electrons. The van der Waals surface area contributed by atoms with Crippen molar-refractivity contribution in [2.75, 3.05) is 0 Å². The van der Waals surface area contributed by atoms with Crippen molar-refractivity contribution in [3.8, 4) is 11.5 Å². The van der Waals surface area contributed by atoms with Gasteiger partial charge in [-0.3, -0.25) is 0 Å². The van der Waals surface area contributed by atoms with Crippen LogP contribution in [0.2, 0.25) is 0 Å². The van der Waals surface area contributed by atoms with Crippen molar-refractivity contribution < 1.29 is 4.74 Å². The highest BCUT2D eigenvalue weighted by atomic mass is 16.5. The predicted octanol–water partition coefficient (Wildman–Crippen LogP) is 4.66. The summed E-state index contributed by atoms with van der Waals surface area (Å²) in [6.07, 6.45) is 0.987. The first-order valence-electron chi connectivity index (χ1n) is 6.04. The molecule has 2 aromatic rings. The van der Waals surface area contributed by atoms with E-state index in [4.69, 9.17) is 4.74 Å². The van der Waals surface area contributed by atoms with E-state index < -0.39 is 0 Å². The Labute approximate surface area is 103 Å². The highest BCUT2D eigenvalue weighted by Gasteiger charge is 2.05. The summed E-state index contributed by atoms with van der Waals surface area (Å²) in [6.45, 7) is 6.35. The van der Waals surface area contributed by atoms with Crippen molar-refractivity contribution in [3.63, 3.8) is 0 Å². The van der Waals surface area contributed by atoms with E-state index in [2.05, 4.69) is 39.0 Å². The van der Waals surface area contributed by atoms with Crippen molar-refractivity contribution in [3.05, 3.63) is 59.2 Å². The molecule has 0 saturated carbocycles. The summed E-state index contributed by atoms with van der Waals surface area (Å²) in [5.74, 6) is 1.91. The first-order valence-corrected chi connectivity index (χ1v) is 6.04. The molecule has 2 rings (SSSR count). The quantitative estimate of drug-likeness (QED) is 0.739. The van der Waals surface area contributed by atoms with Gasteiger partial charge in [0.15, 0.2) is 0 Å². The molecule has 0 aliphatic heterocycles. The zero-order valence-corrected chi connectivity index (χ0v) is 10.7. The average Bonchev–Trinajstić information content (AvgIpc) is 2.35. The molecular weight excluding hydrogens is 208 g/mol. The fourth-order valence-corrected chi connectivity index (χ4v) is 1.85. The van der Waals surface area contributed by atoms with Crippen LogP contribution in [-0.4, -0.2) is 0 Å². The average molecular weight is 226 g/mol. The second-order valence-corrected chi connectivity index (χ2v) is 4.26. The largest absolute Gasteiger partial charge is 0.457 e. The number of benzene rings is 2. The van der Waals surface area contributed by atoms with Gasteiger partial charge in [-0.05, 0) is 49.1 Å². The lowest BCUT2D eigenvalue weighted by atomic mass is 10.1. The van der Waals surface area contributed by atoms with Crippen LogP contribution in [0.3, 0.4) is 0 Å². The number of ether oxygens (including phenoxy) is 1. The smallest absolute Gasteiger partial charge is 0.130 e. The molecule has 0 fully saturated rings. The van der Waals surface area contributed by atoms with Gasteiger partial charge in [0.1, 0.15) is 11.5 Å². The molecular formula is C16H18O. The monoisotopic (exact) mass is 226 g/mol. The molecule has 17 heavy (non-hydrogen) atoms. The highest BCUT2D eigenvalue weighted by Crippen LogP contribution is 2.29. The highest BCUT2D eigenvalue weighted by molar-refractivity contribution is 5.43. The number of para-hydroxylation sites is 1. The first kappa shape index (κ1) is 11.7. The molecule has 0 heterocycles. The standard InChI is InChI=1S/C16H18O/c1-4-14-9-5-6-10-16(14)17-15-11-7-8-12(2)13(15)3/h5-11H,4H2,1-3H3. The van der Waals surface area contributed by atoms with Gasteiger partial charge in [-0.1, -0.05) is 37.3 Å². The topological polar surface area (TPSA) is 9.23 Å². The Kier molecular flexibility index (Phi) is 3.48. The Hall–Kier alpha value is -1.76. The zero-order chi connectivity index (χ0) is 12.3. The Morgan fingerprint density at radius 1 is 0.882 bits per heavy atom. The van der Waals surface area contributed by atoms with Crippen LogP contribution >= 0.6 is 0 Å². The summed E-state index contributed by atoms with van der Waals surface area (Å²) in [7, 11) is 0. The number of rotatable bonds is 3. The fraction of sp³-hybridized carbons (Fsp3) is 0.250. The van der Waals surface area contributed by atoms with Gasteiger partial charge in [-0.2, -0.15) is 0 Å². The van der Waals surface area contributed by atoms with E-state index in [9.17, 15) is 0 Å². The fourth-order valence-electron chi connectivity index (χ4n) is 1.85. The molecule has 0 amide bonds. The normalized spacial score (nSPS) is 10.3. The zero-order valence-electron chi connectivity index (χ0n) is 10.7. The van der Waals surface area contributed by atoms with E-state index in [1.807, 2.05) is 24.3 Å². The molecule has 0 bridgehead atoms. The van der Waals surface area contributed by atoms with Crippen LogP contribution < -0.4 is 4.74 Å². The van der Waals surface area contributed by atoms with Crippen molar-refractivity contribution >= 4 is 0 Å². The third-order valence-corrected chi connectivity index (χ3v) is 3.13.